The van der Waals surface area contributed by atoms with Crippen LogP contribution in [-0.2, 0) is 5.41 Å². The Morgan fingerprint density at radius 1 is 1.17 bits per heavy atom. The Labute approximate surface area is 174 Å². The van der Waals surface area contributed by atoms with Crippen LogP contribution in [0.15, 0.2) is 36.7 Å². The third-order valence-corrected chi connectivity index (χ3v) is 7.43. The highest BCUT2D eigenvalue weighted by Gasteiger charge is 2.50. The summed E-state index contributed by atoms with van der Waals surface area (Å²) in [4.78, 5) is 8.89. The highest BCUT2D eigenvalue weighted by Crippen LogP contribution is 2.47. The number of aromatic amines is 1. The van der Waals surface area contributed by atoms with Crippen molar-refractivity contribution < 1.29 is 5.11 Å². The number of hydrogen-bond donors (Lipinski definition) is 2. The average Bonchev–Trinajstić information content (AvgIpc) is 3.24. The fourth-order valence-electron chi connectivity index (χ4n) is 5.50. The molecule has 0 saturated carbocycles. The van der Waals surface area contributed by atoms with Crippen LogP contribution in [0.2, 0.25) is 0 Å². The molecule has 3 atom stereocenters. The molecule has 1 aromatic carbocycles. The van der Waals surface area contributed by atoms with E-state index in [4.69, 9.17) is 0 Å². The molecular weight excluding hydrogens is 362 g/mol. The van der Waals surface area contributed by atoms with E-state index in [1.165, 1.54) is 12.0 Å². The molecular formula is C23H35N5O. The number of H-pyrrole nitrogens is 1. The van der Waals surface area contributed by atoms with Gasteiger partial charge in [0, 0.05) is 37.6 Å². The average molecular weight is 398 g/mol. The predicted molar refractivity (Wildman–Crippen MR) is 116 cm³/mol. The summed E-state index contributed by atoms with van der Waals surface area (Å²) < 4.78 is 0. The normalized spacial score (nSPS) is 32.7. The fraction of sp³-hybridized carbons (Fsp3) is 0.652. The Balaban J connectivity index is 1.36. The Bertz CT molecular complexity index is 797. The lowest BCUT2D eigenvalue weighted by atomic mass is 9.65. The first-order valence-corrected chi connectivity index (χ1v) is 10.9. The number of nitrogens with zero attached hydrogens (tertiary/aromatic N) is 4. The first-order chi connectivity index (χ1) is 13.8. The number of anilines is 1. The van der Waals surface area contributed by atoms with E-state index in [0.29, 0.717) is 5.95 Å². The lowest BCUT2D eigenvalue weighted by molar-refractivity contribution is -0.110. The first kappa shape index (κ1) is 20.4. The van der Waals surface area contributed by atoms with Crippen molar-refractivity contribution in [2.45, 2.75) is 68.9 Å². The quantitative estimate of drug-likeness (QED) is 0.782. The van der Waals surface area contributed by atoms with Crippen LogP contribution in [0.5, 0.6) is 0 Å². The van der Waals surface area contributed by atoms with E-state index in [1.54, 1.807) is 6.33 Å². The summed E-state index contributed by atoms with van der Waals surface area (Å²) in [5, 5.41) is 18.3. The van der Waals surface area contributed by atoms with E-state index in [2.05, 4.69) is 64.3 Å². The van der Waals surface area contributed by atoms with Gasteiger partial charge in [-0.25, -0.2) is 4.98 Å². The number of benzene rings is 1. The van der Waals surface area contributed by atoms with Gasteiger partial charge in [0.15, 0.2) is 0 Å². The van der Waals surface area contributed by atoms with Gasteiger partial charge in [-0.1, -0.05) is 37.3 Å². The maximum atomic E-state index is 11.4. The third-order valence-electron chi connectivity index (χ3n) is 7.43. The minimum absolute atomic E-state index is 0.0942. The molecule has 0 amide bonds. The molecule has 3 unspecified atom stereocenters. The van der Waals surface area contributed by atoms with Gasteiger partial charge in [-0.05, 0) is 51.0 Å². The van der Waals surface area contributed by atoms with E-state index in [0.717, 1.165) is 51.7 Å². The summed E-state index contributed by atoms with van der Waals surface area (Å²) in [6, 6.07) is 10.9. The maximum absolute atomic E-state index is 11.4. The molecule has 4 rings (SSSR count). The second-order valence-electron chi connectivity index (χ2n) is 9.82. The zero-order valence-electron chi connectivity index (χ0n) is 18.1. The van der Waals surface area contributed by atoms with Crippen molar-refractivity contribution >= 4 is 5.95 Å². The molecule has 6 heteroatoms. The summed E-state index contributed by atoms with van der Waals surface area (Å²) in [6.45, 7) is 7.68. The Kier molecular flexibility index (Phi) is 5.42. The molecule has 0 spiro atoms. The zero-order valence-corrected chi connectivity index (χ0v) is 18.1. The Morgan fingerprint density at radius 3 is 2.69 bits per heavy atom. The smallest absolute Gasteiger partial charge is 0.244 e. The minimum Gasteiger partial charge on any atom is -0.390 e. The van der Waals surface area contributed by atoms with E-state index in [9.17, 15) is 5.11 Å². The molecule has 2 N–H and O–H groups in total. The van der Waals surface area contributed by atoms with Gasteiger partial charge < -0.3 is 10.0 Å². The molecule has 29 heavy (non-hydrogen) atoms. The molecule has 0 radical (unpaired) electrons. The minimum atomic E-state index is -0.564. The van der Waals surface area contributed by atoms with Gasteiger partial charge in [-0.15, -0.1) is 5.10 Å². The van der Waals surface area contributed by atoms with Gasteiger partial charge in [0.25, 0.3) is 0 Å². The third kappa shape index (κ3) is 4.19. The molecule has 2 aliphatic heterocycles. The molecule has 0 aliphatic carbocycles. The fourth-order valence-corrected chi connectivity index (χ4v) is 5.50. The standard InChI is InChI=1S/C23H35N5O/c1-21(19-8-5-4-6-9-19)11-12-22(2)16-23(29,13-15-28(22)17-21)10-7-14-27(3)20-24-18-25-26-20/h4-6,8-9,18,29H,7,10-17H2,1-3H3,(H,24,25,26). The number of piperidine rings is 2. The lowest BCUT2D eigenvalue weighted by Gasteiger charge is -2.57. The van der Waals surface area contributed by atoms with Crippen LogP contribution >= 0.6 is 0 Å². The number of rotatable bonds is 6. The molecule has 6 nitrogen and oxygen atoms in total. The Morgan fingerprint density at radius 2 is 1.97 bits per heavy atom. The number of fused-ring (bicyclic) bond motifs is 1. The molecule has 2 fully saturated rings. The van der Waals surface area contributed by atoms with Crippen LogP contribution in [0.4, 0.5) is 5.95 Å². The zero-order chi connectivity index (χ0) is 20.5. The molecule has 158 valence electrons. The van der Waals surface area contributed by atoms with Crippen molar-refractivity contribution in [3.63, 3.8) is 0 Å². The van der Waals surface area contributed by atoms with Crippen LogP contribution in [0, 0.1) is 0 Å². The van der Waals surface area contributed by atoms with Crippen LogP contribution in [0.1, 0.15) is 57.9 Å². The van der Waals surface area contributed by atoms with Gasteiger partial charge in [-0.3, -0.25) is 10.00 Å². The second-order valence-corrected chi connectivity index (χ2v) is 9.82. The summed E-state index contributed by atoms with van der Waals surface area (Å²) >= 11 is 0. The highest BCUT2D eigenvalue weighted by atomic mass is 16.3. The highest BCUT2D eigenvalue weighted by molar-refractivity contribution is 5.27. The van der Waals surface area contributed by atoms with Gasteiger partial charge in [0.05, 0.1) is 5.60 Å². The molecule has 2 saturated heterocycles. The molecule has 2 aromatic rings. The van der Waals surface area contributed by atoms with Gasteiger partial charge in [0.1, 0.15) is 6.33 Å². The van der Waals surface area contributed by atoms with Crippen molar-refractivity contribution in [3.8, 4) is 0 Å². The van der Waals surface area contributed by atoms with Gasteiger partial charge >= 0.3 is 0 Å². The largest absolute Gasteiger partial charge is 0.390 e. The van der Waals surface area contributed by atoms with Crippen molar-refractivity contribution in [1.82, 2.24) is 20.1 Å². The lowest BCUT2D eigenvalue weighted by Crippen LogP contribution is -2.63. The van der Waals surface area contributed by atoms with Crippen LogP contribution < -0.4 is 4.90 Å². The topological polar surface area (TPSA) is 68.3 Å². The Hall–Kier alpha value is -1.92. The summed E-state index contributed by atoms with van der Waals surface area (Å²) in [5.41, 5.74) is 1.18. The molecule has 0 bridgehead atoms. The number of aliphatic hydroxyl groups is 1. The van der Waals surface area contributed by atoms with Crippen molar-refractivity contribution in [1.29, 1.82) is 0 Å². The van der Waals surface area contributed by atoms with Crippen molar-refractivity contribution in [2.24, 2.45) is 0 Å². The van der Waals surface area contributed by atoms with E-state index >= 15 is 0 Å². The molecule has 2 aliphatic rings. The second kappa shape index (κ2) is 7.73. The monoisotopic (exact) mass is 397 g/mol. The van der Waals surface area contributed by atoms with Crippen molar-refractivity contribution in [3.05, 3.63) is 42.2 Å². The maximum Gasteiger partial charge on any atom is 0.244 e. The van der Waals surface area contributed by atoms with E-state index in [1.807, 2.05) is 11.9 Å². The predicted octanol–water partition coefficient (Wildman–Crippen LogP) is 3.36. The van der Waals surface area contributed by atoms with Crippen LogP contribution in [-0.4, -0.2) is 63.0 Å². The summed E-state index contributed by atoms with van der Waals surface area (Å²) in [6.07, 6.45) is 7.42. The summed E-state index contributed by atoms with van der Waals surface area (Å²) in [5.74, 6) is 0.714. The van der Waals surface area contributed by atoms with Gasteiger partial charge in [0.2, 0.25) is 5.95 Å². The van der Waals surface area contributed by atoms with E-state index in [-0.39, 0.29) is 11.0 Å². The molecule has 1 aromatic heterocycles. The number of hydrogen-bond acceptors (Lipinski definition) is 5. The molecule has 3 heterocycles. The number of aromatic nitrogens is 3. The first-order valence-electron chi connectivity index (χ1n) is 10.9. The van der Waals surface area contributed by atoms with E-state index < -0.39 is 5.60 Å². The summed E-state index contributed by atoms with van der Waals surface area (Å²) in [7, 11) is 2.00. The van der Waals surface area contributed by atoms with Crippen LogP contribution in [0.3, 0.4) is 0 Å². The van der Waals surface area contributed by atoms with Gasteiger partial charge in [-0.2, -0.15) is 0 Å². The number of nitrogens with one attached hydrogen (secondary N) is 1. The SMILES string of the molecule is CN(CCCC1(O)CCN2CC(C)(c3ccccc3)CCC2(C)C1)c1nc[nH]n1. The van der Waals surface area contributed by atoms with Crippen molar-refractivity contribution in [2.75, 3.05) is 31.6 Å². The van der Waals surface area contributed by atoms with Crippen LogP contribution in [0.25, 0.3) is 0 Å².